The largest absolute Gasteiger partial charge is 0.342 e. The number of hydrogen-bond acceptors (Lipinski definition) is 2. The number of likely N-dealkylation sites (tertiary alicyclic amines) is 1. The molecule has 0 aliphatic carbocycles. The normalized spacial score (nSPS) is 16.4. The zero-order chi connectivity index (χ0) is 14.4. The minimum absolute atomic E-state index is 0.222. The van der Waals surface area contributed by atoms with Gasteiger partial charge in [0.05, 0.1) is 6.42 Å². The Morgan fingerprint density at radius 3 is 2.80 bits per heavy atom. The highest BCUT2D eigenvalue weighted by Gasteiger charge is 2.22. The number of benzene rings is 1. The highest BCUT2D eigenvalue weighted by atomic mass is 35.5. The number of nitrogens with one attached hydrogen (secondary N) is 1. The predicted octanol–water partition coefficient (Wildman–Crippen LogP) is 2.73. The lowest BCUT2D eigenvalue weighted by Crippen LogP contribution is -2.39. The number of piperidine rings is 1. The van der Waals surface area contributed by atoms with Crippen molar-refractivity contribution in [3.63, 3.8) is 0 Å². The maximum atomic E-state index is 12.3. The maximum absolute atomic E-state index is 12.3. The standard InChI is InChI=1S/C16H23ClN2O/c1-18-8-5-13-6-9-19(10-7-13)16(20)12-14-3-2-4-15(17)11-14/h2-4,11,13,18H,5-10,12H2,1H3. The van der Waals surface area contributed by atoms with E-state index in [1.54, 1.807) is 0 Å². The second-order valence-electron chi connectivity index (χ2n) is 5.52. The number of carbonyl (C=O) groups is 1. The van der Waals surface area contributed by atoms with Crippen LogP contribution in [0.25, 0.3) is 0 Å². The molecule has 1 aliphatic rings. The van der Waals surface area contributed by atoms with Gasteiger partial charge in [0.15, 0.2) is 0 Å². The van der Waals surface area contributed by atoms with E-state index in [0.29, 0.717) is 11.4 Å². The summed E-state index contributed by atoms with van der Waals surface area (Å²) in [6.45, 7) is 2.86. The van der Waals surface area contributed by atoms with Crippen LogP contribution in [-0.4, -0.2) is 37.5 Å². The molecule has 0 spiro atoms. The van der Waals surface area contributed by atoms with Gasteiger partial charge in [0.1, 0.15) is 0 Å². The molecule has 1 aromatic carbocycles. The molecule has 2 rings (SSSR count). The van der Waals surface area contributed by atoms with Crippen LogP contribution < -0.4 is 5.32 Å². The number of rotatable bonds is 5. The zero-order valence-corrected chi connectivity index (χ0v) is 12.8. The van der Waals surface area contributed by atoms with Gasteiger partial charge >= 0.3 is 0 Å². The van der Waals surface area contributed by atoms with Crippen molar-refractivity contribution in [1.82, 2.24) is 10.2 Å². The Kier molecular flexibility index (Phi) is 5.86. The Morgan fingerprint density at radius 2 is 2.15 bits per heavy atom. The lowest BCUT2D eigenvalue weighted by Gasteiger charge is -2.32. The van der Waals surface area contributed by atoms with E-state index in [4.69, 9.17) is 11.6 Å². The van der Waals surface area contributed by atoms with Crippen LogP contribution in [0.5, 0.6) is 0 Å². The second kappa shape index (κ2) is 7.65. The van der Waals surface area contributed by atoms with Crippen LogP contribution in [0.4, 0.5) is 0 Å². The van der Waals surface area contributed by atoms with E-state index < -0.39 is 0 Å². The van der Waals surface area contributed by atoms with E-state index in [9.17, 15) is 4.79 Å². The van der Waals surface area contributed by atoms with Gasteiger partial charge in [-0.2, -0.15) is 0 Å². The number of amides is 1. The van der Waals surface area contributed by atoms with Gasteiger partial charge in [-0.25, -0.2) is 0 Å². The number of carbonyl (C=O) groups excluding carboxylic acids is 1. The van der Waals surface area contributed by atoms with Gasteiger partial charge in [-0.15, -0.1) is 0 Å². The molecule has 0 unspecified atom stereocenters. The lowest BCUT2D eigenvalue weighted by atomic mass is 9.93. The highest BCUT2D eigenvalue weighted by Crippen LogP contribution is 2.21. The third-order valence-corrected chi connectivity index (χ3v) is 4.25. The summed E-state index contributed by atoms with van der Waals surface area (Å²) in [5.74, 6) is 0.983. The molecule has 1 aromatic rings. The van der Waals surface area contributed by atoms with Crippen molar-refractivity contribution in [2.45, 2.75) is 25.7 Å². The average Bonchev–Trinajstić information content (AvgIpc) is 2.45. The van der Waals surface area contributed by atoms with Crippen LogP contribution in [0.1, 0.15) is 24.8 Å². The van der Waals surface area contributed by atoms with Crippen molar-refractivity contribution < 1.29 is 4.79 Å². The summed E-state index contributed by atoms with van der Waals surface area (Å²) in [5.41, 5.74) is 1.000. The van der Waals surface area contributed by atoms with E-state index >= 15 is 0 Å². The molecule has 1 aliphatic heterocycles. The first-order valence-corrected chi connectivity index (χ1v) is 7.73. The van der Waals surface area contributed by atoms with Gasteiger partial charge in [-0.3, -0.25) is 4.79 Å². The molecular weight excluding hydrogens is 272 g/mol. The number of hydrogen-bond donors (Lipinski definition) is 1. The summed E-state index contributed by atoms with van der Waals surface area (Å²) in [6, 6.07) is 7.57. The molecule has 3 nitrogen and oxygen atoms in total. The number of halogens is 1. The zero-order valence-electron chi connectivity index (χ0n) is 12.1. The SMILES string of the molecule is CNCCC1CCN(C(=O)Cc2cccc(Cl)c2)CC1. The maximum Gasteiger partial charge on any atom is 0.226 e. The van der Waals surface area contributed by atoms with Crippen molar-refractivity contribution in [2.75, 3.05) is 26.7 Å². The fraction of sp³-hybridized carbons (Fsp3) is 0.562. The molecule has 1 N–H and O–H groups in total. The Balaban J connectivity index is 1.80. The first kappa shape index (κ1) is 15.3. The minimum atomic E-state index is 0.222. The molecular formula is C16H23ClN2O. The van der Waals surface area contributed by atoms with Gasteiger partial charge in [0.25, 0.3) is 0 Å². The first-order valence-electron chi connectivity index (χ1n) is 7.36. The van der Waals surface area contributed by atoms with E-state index in [0.717, 1.165) is 44.0 Å². The van der Waals surface area contributed by atoms with Crippen LogP contribution in [0.15, 0.2) is 24.3 Å². The first-order chi connectivity index (χ1) is 9.69. The van der Waals surface area contributed by atoms with E-state index in [1.807, 2.05) is 36.2 Å². The molecule has 1 heterocycles. The summed E-state index contributed by atoms with van der Waals surface area (Å²) in [7, 11) is 1.99. The van der Waals surface area contributed by atoms with Gasteiger partial charge in [0, 0.05) is 18.1 Å². The summed E-state index contributed by atoms with van der Waals surface area (Å²) < 4.78 is 0. The molecule has 1 amide bonds. The quantitative estimate of drug-likeness (QED) is 0.906. The number of nitrogens with zero attached hydrogens (tertiary/aromatic N) is 1. The molecule has 4 heteroatoms. The Labute approximate surface area is 126 Å². The molecule has 110 valence electrons. The smallest absolute Gasteiger partial charge is 0.226 e. The van der Waals surface area contributed by atoms with Crippen molar-refractivity contribution in [1.29, 1.82) is 0 Å². The molecule has 0 atom stereocenters. The van der Waals surface area contributed by atoms with Crippen LogP contribution in [0.3, 0.4) is 0 Å². The summed E-state index contributed by atoms with van der Waals surface area (Å²) in [4.78, 5) is 14.3. The second-order valence-corrected chi connectivity index (χ2v) is 5.96. The van der Waals surface area contributed by atoms with Crippen molar-refractivity contribution in [3.8, 4) is 0 Å². The molecule has 0 radical (unpaired) electrons. The summed E-state index contributed by atoms with van der Waals surface area (Å²) in [5, 5.41) is 3.89. The van der Waals surface area contributed by atoms with Gasteiger partial charge < -0.3 is 10.2 Å². The summed E-state index contributed by atoms with van der Waals surface area (Å²) in [6.07, 6.45) is 3.93. The van der Waals surface area contributed by atoms with Gasteiger partial charge in [-0.1, -0.05) is 23.7 Å². The van der Waals surface area contributed by atoms with E-state index in [2.05, 4.69) is 5.32 Å². The van der Waals surface area contributed by atoms with Crippen molar-refractivity contribution >= 4 is 17.5 Å². The predicted molar refractivity (Wildman–Crippen MR) is 83.0 cm³/mol. The average molecular weight is 295 g/mol. The van der Waals surface area contributed by atoms with Crippen LogP contribution in [-0.2, 0) is 11.2 Å². The molecule has 0 aromatic heterocycles. The van der Waals surface area contributed by atoms with Crippen molar-refractivity contribution in [2.24, 2.45) is 5.92 Å². The third-order valence-electron chi connectivity index (χ3n) is 4.01. The van der Waals surface area contributed by atoms with Crippen LogP contribution in [0.2, 0.25) is 5.02 Å². The van der Waals surface area contributed by atoms with Crippen molar-refractivity contribution in [3.05, 3.63) is 34.9 Å². The van der Waals surface area contributed by atoms with E-state index in [-0.39, 0.29) is 5.91 Å². The molecule has 1 fully saturated rings. The minimum Gasteiger partial charge on any atom is -0.342 e. The molecule has 20 heavy (non-hydrogen) atoms. The Hall–Kier alpha value is -1.06. The van der Waals surface area contributed by atoms with Gasteiger partial charge in [-0.05, 0) is 56.5 Å². The fourth-order valence-corrected chi connectivity index (χ4v) is 2.97. The molecule has 1 saturated heterocycles. The summed E-state index contributed by atoms with van der Waals surface area (Å²) >= 11 is 5.95. The van der Waals surface area contributed by atoms with Gasteiger partial charge in [0.2, 0.25) is 5.91 Å². The fourth-order valence-electron chi connectivity index (χ4n) is 2.75. The monoisotopic (exact) mass is 294 g/mol. The third kappa shape index (κ3) is 4.50. The van der Waals surface area contributed by atoms with Crippen LogP contribution >= 0.6 is 11.6 Å². The Bertz CT molecular complexity index is 442. The molecule has 0 bridgehead atoms. The lowest BCUT2D eigenvalue weighted by molar-refractivity contribution is -0.131. The topological polar surface area (TPSA) is 32.3 Å². The highest BCUT2D eigenvalue weighted by molar-refractivity contribution is 6.30. The Morgan fingerprint density at radius 1 is 1.40 bits per heavy atom. The van der Waals surface area contributed by atoms with E-state index in [1.165, 1.54) is 6.42 Å². The molecule has 0 saturated carbocycles. The van der Waals surface area contributed by atoms with Crippen LogP contribution in [0, 0.1) is 5.92 Å².